The monoisotopic (exact) mass is 244 g/mol. The Morgan fingerprint density at radius 3 is 2.25 bits per heavy atom. The molecule has 1 rings (SSSR count). The minimum atomic E-state index is -3.56. The van der Waals surface area contributed by atoms with Crippen LogP contribution in [0.4, 0.5) is 0 Å². The molecule has 0 saturated heterocycles. The molecule has 16 heavy (non-hydrogen) atoms. The largest absolute Gasteiger partial charge is 0.283 e. The Morgan fingerprint density at radius 2 is 1.75 bits per heavy atom. The zero-order chi connectivity index (χ0) is 12.2. The third-order valence-corrected chi connectivity index (χ3v) is 3.05. The van der Waals surface area contributed by atoms with E-state index in [2.05, 4.69) is 10.4 Å². The smallest absolute Gasteiger partial charge is 0.255 e. The number of nitrogens with one attached hydrogen (secondary N) is 2. The molecule has 1 aromatic rings. The van der Waals surface area contributed by atoms with Crippen LogP contribution in [0.5, 0.6) is 0 Å². The average molecular weight is 244 g/mol. The van der Waals surface area contributed by atoms with Crippen LogP contribution >= 0.6 is 0 Å². The van der Waals surface area contributed by atoms with Crippen molar-refractivity contribution in [3.05, 3.63) is 29.8 Å². The van der Waals surface area contributed by atoms with Gasteiger partial charge in [0, 0.05) is 0 Å². The predicted octanol–water partition coefficient (Wildman–Crippen LogP) is 1.12. The Morgan fingerprint density at radius 1 is 1.19 bits per heavy atom. The Balaban J connectivity index is 2.67. The average Bonchev–Trinajstić information content (AvgIpc) is 2.17. The van der Waals surface area contributed by atoms with E-state index in [-0.39, 0.29) is 11.0 Å². The summed E-state index contributed by atoms with van der Waals surface area (Å²) < 4.78 is 23.3. The van der Waals surface area contributed by atoms with Gasteiger partial charge in [-0.1, -0.05) is 17.7 Å². The zero-order valence-corrected chi connectivity index (χ0v) is 10.3. The lowest BCUT2D eigenvalue weighted by molar-refractivity contribution is -0.0162. The van der Waals surface area contributed by atoms with Crippen LogP contribution in [0.1, 0.15) is 19.4 Å². The van der Waals surface area contributed by atoms with Gasteiger partial charge in [-0.15, -0.1) is 10.4 Å². The molecule has 6 heteroatoms. The van der Waals surface area contributed by atoms with Crippen molar-refractivity contribution < 1.29 is 13.3 Å². The highest BCUT2D eigenvalue weighted by atomic mass is 32.2. The number of aryl methyl sites for hydroxylation is 1. The van der Waals surface area contributed by atoms with Crippen molar-refractivity contribution in [3.63, 3.8) is 0 Å². The summed E-state index contributed by atoms with van der Waals surface area (Å²) in [6.07, 6.45) is -0.110. The number of sulfonamides is 1. The van der Waals surface area contributed by atoms with Gasteiger partial charge in [0.25, 0.3) is 10.0 Å². The highest BCUT2D eigenvalue weighted by Gasteiger charge is 2.12. The van der Waals surface area contributed by atoms with Gasteiger partial charge in [0.1, 0.15) is 0 Å². The first-order valence-electron chi connectivity index (χ1n) is 4.91. The molecule has 0 fully saturated rings. The van der Waals surface area contributed by atoms with Gasteiger partial charge in [-0.05, 0) is 32.9 Å². The molecule has 0 aliphatic rings. The summed E-state index contributed by atoms with van der Waals surface area (Å²) >= 11 is 0. The number of hydrogen-bond acceptors (Lipinski definition) is 4. The molecule has 0 amide bonds. The summed E-state index contributed by atoms with van der Waals surface area (Å²) in [7, 11) is -3.56. The van der Waals surface area contributed by atoms with Crippen LogP contribution in [0.15, 0.2) is 29.2 Å². The SMILES string of the molecule is Cc1ccc(S(=O)(=O)NNOC(C)C)cc1. The van der Waals surface area contributed by atoms with Crippen molar-refractivity contribution in [1.82, 2.24) is 10.4 Å². The van der Waals surface area contributed by atoms with Crippen LogP contribution in [-0.4, -0.2) is 14.5 Å². The highest BCUT2D eigenvalue weighted by Crippen LogP contribution is 2.08. The number of hydrazine groups is 1. The molecule has 0 unspecified atom stereocenters. The Bertz CT molecular complexity index is 426. The molecule has 0 aromatic heterocycles. The molecule has 0 aliphatic carbocycles. The lowest BCUT2D eigenvalue weighted by Gasteiger charge is -2.10. The van der Waals surface area contributed by atoms with Crippen molar-refractivity contribution in [2.24, 2.45) is 0 Å². The second kappa shape index (κ2) is 5.40. The van der Waals surface area contributed by atoms with Crippen molar-refractivity contribution in [3.8, 4) is 0 Å². The number of benzene rings is 1. The standard InChI is InChI=1S/C10H16N2O3S/c1-8(2)15-11-12-16(13,14)10-6-4-9(3)5-7-10/h4-8,11-12H,1-3H3. The molecule has 5 nitrogen and oxygen atoms in total. The lowest BCUT2D eigenvalue weighted by atomic mass is 10.2. The maximum atomic E-state index is 11.7. The van der Waals surface area contributed by atoms with Crippen molar-refractivity contribution in [2.45, 2.75) is 31.8 Å². The minimum Gasteiger partial charge on any atom is -0.283 e. The summed E-state index contributed by atoms with van der Waals surface area (Å²) in [4.78, 5) is 7.20. The zero-order valence-electron chi connectivity index (χ0n) is 9.52. The second-order valence-corrected chi connectivity index (χ2v) is 5.37. The summed E-state index contributed by atoms with van der Waals surface area (Å²) in [6, 6.07) is 6.54. The van der Waals surface area contributed by atoms with E-state index < -0.39 is 10.0 Å². The van der Waals surface area contributed by atoms with Gasteiger partial charge in [-0.3, -0.25) is 4.84 Å². The summed E-state index contributed by atoms with van der Waals surface area (Å²) in [5, 5.41) is 0. The van der Waals surface area contributed by atoms with Crippen LogP contribution in [0.2, 0.25) is 0 Å². The van der Waals surface area contributed by atoms with Crippen LogP contribution in [0, 0.1) is 6.92 Å². The summed E-state index contributed by atoms with van der Waals surface area (Å²) in [6.45, 7) is 5.46. The van der Waals surface area contributed by atoms with Crippen molar-refractivity contribution in [1.29, 1.82) is 0 Å². The topological polar surface area (TPSA) is 67.4 Å². The molecule has 90 valence electrons. The first-order chi connectivity index (χ1) is 7.42. The normalized spacial score (nSPS) is 12.0. The van der Waals surface area contributed by atoms with E-state index >= 15 is 0 Å². The molecule has 0 bridgehead atoms. The van der Waals surface area contributed by atoms with Crippen molar-refractivity contribution in [2.75, 3.05) is 0 Å². The van der Waals surface area contributed by atoms with E-state index in [9.17, 15) is 8.42 Å². The van der Waals surface area contributed by atoms with E-state index in [1.807, 2.05) is 6.92 Å². The molecule has 0 saturated carbocycles. The first kappa shape index (κ1) is 13.1. The summed E-state index contributed by atoms with van der Waals surface area (Å²) in [5.41, 5.74) is 3.21. The van der Waals surface area contributed by atoms with Gasteiger partial charge in [-0.2, -0.15) is 0 Å². The third kappa shape index (κ3) is 3.90. The van der Waals surface area contributed by atoms with E-state index in [1.165, 1.54) is 12.1 Å². The van der Waals surface area contributed by atoms with Gasteiger partial charge >= 0.3 is 0 Å². The number of rotatable bonds is 5. The minimum absolute atomic E-state index is 0.110. The molecule has 0 heterocycles. The van der Waals surface area contributed by atoms with Gasteiger partial charge in [0.05, 0.1) is 11.0 Å². The maximum Gasteiger partial charge on any atom is 0.255 e. The van der Waals surface area contributed by atoms with Gasteiger partial charge < -0.3 is 0 Å². The van der Waals surface area contributed by atoms with Crippen LogP contribution in [0.3, 0.4) is 0 Å². The Labute approximate surface area is 95.8 Å². The second-order valence-electron chi connectivity index (χ2n) is 3.69. The molecule has 0 aliphatic heterocycles. The molecule has 0 spiro atoms. The third-order valence-electron chi connectivity index (χ3n) is 1.80. The van der Waals surface area contributed by atoms with Gasteiger partial charge in [0.15, 0.2) is 0 Å². The van der Waals surface area contributed by atoms with E-state index in [1.54, 1.807) is 26.0 Å². The molecular weight excluding hydrogens is 228 g/mol. The molecule has 1 aromatic carbocycles. The highest BCUT2D eigenvalue weighted by molar-refractivity contribution is 7.89. The van der Waals surface area contributed by atoms with Crippen LogP contribution in [-0.2, 0) is 14.9 Å². The predicted molar refractivity (Wildman–Crippen MR) is 60.9 cm³/mol. The van der Waals surface area contributed by atoms with E-state index in [4.69, 9.17) is 4.84 Å². The summed E-state index contributed by atoms with van der Waals surface area (Å²) in [5.74, 6) is 0. The van der Waals surface area contributed by atoms with E-state index in [0.29, 0.717) is 0 Å². The van der Waals surface area contributed by atoms with E-state index in [0.717, 1.165) is 5.56 Å². The van der Waals surface area contributed by atoms with Gasteiger partial charge in [-0.25, -0.2) is 8.42 Å². The molecular formula is C10H16N2O3S. The van der Waals surface area contributed by atoms with Crippen molar-refractivity contribution >= 4 is 10.0 Å². The van der Waals surface area contributed by atoms with Gasteiger partial charge in [0.2, 0.25) is 0 Å². The Hall–Kier alpha value is -0.950. The van der Waals surface area contributed by atoms with Crippen LogP contribution < -0.4 is 10.4 Å². The fraction of sp³-hybridized carbons (Fsp3) is 0.400. The van der Waals surface area contributed by atoms with Crippen LogP contribution in [0.25, 0.3) is 0 Å². The molecule has 0 atom stereocenters. The Kier molecular flexibility index (Phi) is 4.43. The molecule has 0 radical (unpaired) electrons. The fourth-order valence-electron chi connectivity index (χ4n) is 0.973. The maximum absolute atomic E-state index is 11.7. The fourth-order valence-corrected chi connectivity index (χ4v) is 1.74. The first-order valence-corrected chi connectivity index (χ1v) is 6.39. The lowest BCUT2D eigenvalue weighted by Crippen LogP contribution is -2.38. The number of hydrogen-bond donors (Lipinski definition) is 2. The molecule has 2 N–H and O–H groups in total. The quantitative estimate of drug-likeness (QED) is 0.762.